The van der Waals surface area contributed by atoms with Gasteiger partial charge in [0, 0.05) is 16.8 Å². The predicted octanol–water partition coefficient (Wildman–Crippen LogP) is 2.03. The van der Waals surface area contributed by atoms with Crippen molar-refractivity contribution in [2.75, 3.05) is 0 Å². The van der Waals surface area contributed by atoms with Gasteiger partial charge in [-0.1, -0.05) is 30.3 Å². The number of allylic oxidation sites excluding steroid dienone is 4. The summed E-state index contributed by atoms with van der Waals surface area (Å²) in [5.74, 6) is 1.30. The van der Waals surface area contributed by atoms with Crippen molar-refractivity contribution in [1.82, 2.24) is 0 Å². The summed E-state index contributed by atoms with van der Waals surface area (Å²) in [5, 5.41) is 7.24. The molecule has 0 radical (unpaired) electrons. The number of nitrogens with two attached hydrogens (primary N) is 1. The first-order valence-electron chi connectivity index (χ1n) is 5.72. The molecule has 0 saturated heterocycles. The van der Waals surface area contributed by atoms with Gasteiger partial charge in [0.05, 0.1) is 11.1 Å². The van der Waals surface area contributed by atoms with Gasteiger partial charge in [-0.15, -0.1) is 0 Å². The third-order valence-corrected chi connectivity index (χ3v) is 2.88. The van der Waals surface area contributed by atoms with E-state index < -0.39 is 5.78 Å². The first kappa shape index (κ1) is 12.7. The fourth-order valence-corrected chi connectivity index (χ4v) is 2.03. The number of ketones is 2. The van der Waals surface area contributed by atoms with Crippen LogP contribution in [0.25, 0.3) is 0 Å². The monoisotopic (exact) mass is 252 g/mol. The average molecular weight is 252 g/mol. The lowest BCUT2D eigenvalue weighted by atomic mass is 9.81. The third-order valence-electron chi connectivity index (χ3n) is 2.88. The van der Waals surface area contributed by atoms with Crippen LogP contribution in [0.1, 0.15) is 27.6 Å². The second-order valence-corrected chi connectivity index (χ2v) is 4.03. The number of nitrogens with one attached hydrogen (secondary N) is 1. The van der Waals surface area contributed by atoms with E-state index in [1.54, 1.807) is 37.3 Å². The highest BCUT2D eigenvalue weighted by atomic mass is 16.1. The molecule has 1 aliphatic rings. The molecule has 0 amide bonds. The minimum absolute atomic E-state index is 0.0526. The molecule has 0 unspecified atom stereocenters. The summed E-state index contributed by atoms with van der Waals surface area (Å²) in [4.78, 5) is 24.6. The number of fused-ring (bicyclic) bond motifs is 1. The van der Waals surface area contributed by atoms with E-state index in [0.29, 0.717) is 11.1 Å². The van der Waals surface area contributed by atoms with Crippen LogP contribution in [-0.2, 0) is 0 Å². The lowest BCUT2D eigenvalue weighted by molar-refractivity contribution is 0.0973. The molecule has 0 saturated carbocycles. The van der Waals surface area contributed by atoms with Crippen LogP contribution in [0.15, 0.2) is 53.3 Å². The van der Waals surface area contributed by atoms with E-state index in [4.69, 9.17) is 11.1 Å². The van der Waals surface area contributed by atoms with Crippen LogP contribution in [0.5, 0.6) is 0 Å². The average Bonchev–Trinajstić information content (AvgIpc) is 2.42. The second-order valence-electron chi connectivity index (χ2n) is 4.03. The molecular weight excluding hydrogens is 240 g/mol. The maximum Gasteiger partial charge on any atom is 0.203 e. The molecule has 1 aromatic rings. The van der Waals surface area contributed by atoms with Crippen molar-refractivity contribution < 1.29 is 9.59 Å². The number of benzene rings is 1. The zero-order valence-corrected chi connectivity index (χ0v) is 10.4. The topological polar surface area (TPSA) is 84.0 Å². The summed E-state index contributed by atoms with van der Waals surface area (Å²) < 4.78 is 0. The van der Waals surface area contributed by atoms with Crippen molar-refractivity contribution in [3.63, 3.8) is 0 Å². The first-order valence-corrected chi connectivity index (χ1v) is 5.72. The Labute approximate surface area is 110 Å². The molecule has 94 valence electrons. The van der Waals surface area contributed by atoms with Gasteiger partial charge in [-0.05, 0) is 18.9 Å². The van der Waals surface area contributed by atoms with Gasteiger partial charge in [0.15, 0.2) is 5.78 Å². The van der Waals surface area contributed by atoms with Crippen LogP contribution in [0.4, 0.5) is 0 Å². The Morgan fingerprint density at radius 1 is 1.21 bits per heavy atom. The van der Waals surface area contributed by atoms with Gasteiger partial charge in [-0.3, -0.25) is 15.0 Å². The van der Waals surface area contributed by atoms with Crippen molar-refractivity contribution >= 4 is 17.4 Å². The van der Waals surface area contributed by atoms with Crippen molar-refractivity contribution in [3.8, 4) is 0 Å². The molecule has 0 aliphatic heterocycles. The number of Topliss-reactive ketones (excluding diaryl/α,β-unsaturated/α-hetero) is 2. The van der Waals surface area contributed by atoms with Crippen LogP contribution in [-0.4, -0.2) is 17.4 Å². The van der Waals surface area contributed by atoms with E-state index in [9.17, 15) is 9.59 Å². The Morgan fingerprint density at radius 3 is 2.32 bits per heavy atom. The molecule has 0 spiro atoms. The Hall–Kier alpha value is -2.71. The van der Waals surface area contributed by atoms with E-state index in [1.807, 2.05) is 5.87 Å². The fraction of sp³-hybridized carbons (Fsp3) is 0.0667. The van der Waals surface area contributed by atoms with E-state index in [-0.39, 0.29) is 22.6 Å². The lowest BCUT2D eigenvalue weighted by Gasteiger charge is -2.18. The molecule has 0 fully saturated rings. The summed E-state index contributed by atoms with van der Waals surface area (Å²) in [6.07, 6.45) is 3.20. The molecule has 2 rings (SSSR count). The van der Waals surface area contributed by atoms with Gasteiger partial charge in [-0.25, -0.2) is 0 Å². The minimum Gasteiger partial charge on any atom is -0.398 e. The molecular formula is C15H12N2O2. The molecule has 0 aromatic heterocycles. The Morgan fingerprint density at radius 2 is 1.79 bits per heavy atom. The maximum absolute atomic E-state index is 12.4. The van der Waals surface area contributed by atoms with Crippen LogP contribution < -0.4 is 5.73 Å². The quantitative estimate of drug-likeness (QED) is 0.592. The summed E-state index contributed by atoms with van der Waals surface area (Å²) in [6, 6.07) is 6.51. The van der Waals surface area contributed by atoms with Gasteiger partial charge in [0.1, 0.15) is 0 Å². The molecule has 0 heterocycles. The maximum atomic E-state index is 12.4. The third kappa shape index (κ3) is 1.94. The van der Waals surface area contributed by atoms with E-state index in [0.717, 1.165) is 0 Å². The summed E-state index contributed by atoms with van der Waals surface area (Å²) in [6.45, 7) is 1.75. The number of hydrogen-bond donors (Lipinski definition) is 2. The highest BCUT2D eigenvalue weighted by Gasteiger charge is 2.33. The van der Waals surface area contributed by atoms with Crippen molar-refractivity contribution in [3.05, 3.63) is 64.4 Å². The number of carbonyl (C=O) groups is 2. The minimum atomic E-state index is -0.396. The van der Waals surface area contributed by atoms with Crippen molar-refractivity contribution in [2.45, 2.75) is 6.92 Å². The molecule has 3 N–H and O–H groups in total. The van der Waals surface area contributed by atoms with Gasteiger partial charge in [-0.2, -0.15) is 0 Å². The molecule has 0 atom stereocenters. The zero-order valence-electron chi connectivity index (χ0n) is 10.4. The number of carbonyl (C=O) groups excluding carboxylic acids is 2. The molecule has 4 heteroatoms. The van der Waals surface area contributed by atoms with E-state index in [2.05, 4.69) is 0 Å². The fourth-order valence-electron chi connectivity index (χ4n) is 2.03. The van der Waals surface area contributed by atoms with E-state index in [1.165, 1.54) is 6.08 Å². The summed E-state index contributed by atoms with van der Waals surface area (Å²) in [7, 11) is 0. The lowest BCUT2D eigenvalue weighted by Crippen LogP contribution is -2.25. The predicted molar refractivity (Wildman–Crippen MR) is 72.4 cm³/mol. The number of rotatable bonds is 1. The molecule has 4 nitrogen and oxygen atoms in total. The largest absolute Gasteiger partial charge is 0.398 e. The Bertz CT molecular complexity index is 690. The van der Waals surface area contributed by atoms with Crippen LogP contribution in [0, 0.1) is 5.41 Å². The second kappa shape index (κ2) is 4.88. The van der Waals surface area contributed by atoms with Gasteiger partial charge < -0.3 is 5.73 Å². The Balaban J connectivity index is 2.80. The summed E-state index contributed by atoms with van der Waals surface area (Å²) >= 11 is 0. The van der Waals surface area contributed by atoms with Crippen molar-refractivity contribution in [2.24, 2.45) is 5.73 Å². The standard InChI is InChI=1S/C15H12N2O2/c1-2-5-12(17)13-11(8-16)14(18)9-6-3-4-7-10(9)15(13)19/h2-7,16H,17H2,1H3/b5-2-,13-12-. The number of hydrogen-bond acceptors (Lipinski definition) is 4. The van der Waals surface area contributed by atoms with Crippen LogP contribution >= 0.6 is 0 Å². The van der Waals surface area contributed by atoms with Gasteiger partial charge >= 0.3 is 0 Å². The summed E-state index contributed by atoms with van der Waals surface area (Å²) in [5.41, 5.74) is 6.56. The zero-order chi connectivity index (χ0) is 14.0. The van der Waals surface area contributed by atoms with Gasteiger partial charge in [0.2, 0.25) is 5.78 Å². The molecule has 19 heavy (non-hydrogen) atoms. The van der Waals surface area contributed by atoms with Crippen LogP contribution in [0.2, 0.25) is 0 Å². The van der Waals surface area contributed by atoms with Crippen LogP contribution in [0.3, 0.4) is 0 Å². The Kier molecular flexibility index (Phi) is 3.27. The van der Waals surface area contributed by atoms with E-state index >= 15 is 0 Å². The molecule has 1 aliphatic carbocycles. The van der Waals surface area contributed by atoms with Crippen molar-refractivity contribution in [1.29, 1.82) is 5.41 Å². The highest BCUT2D eigenvalue weighted by molar-refractivity contribution is 6.34. The smallest absolute Gasteiger partial charge is 0.203 e. The normalized spacial score (nSPS) is 17.4. The highest BCUT2D eigenvalue weighted by Crippen LogP contribution is 2.29. The first-order chi connectivity index (χ1) is 9.11. The molecule has 0 bridgehead atoms. The van der Waals surface area contributed by atoms with Gasteiger partial charge in [0.25, 0.3) is 0 Å². The molecule has 1 aromatic carbocycles. The SMILES string of the molecule is C/C=C\C(N)=C1\C(=O)c2ccccc2C(=O)C1=C=N.